The normalized spacial score (nSPS) is 12.2. The second-order valence-corrected chi connectivity index (χ2v) is 25.8. The Morgan fingerprint density at radius 2 is 1.57 bits per heavy atom. The summed E-state index contributed by atoms with van der Waals surface area (Å²) in [4.78, 5) is 9.25. The van der Waals surface area contributed by atoms with Crippen molar-refractivity contribution in [3.63, 3.8) is 0 Å². The topological polar surface area (TPSA) is 25.8 Å². The van der Waals surface area contributed by atoms with Crippen LogP contribution in [0.25, 0.3) is 62.9 Å². The number of nitrogens with zero attached hydrogens (tertiary/aromatic N) is 2. The fraction of sp³-hybridized carbons (Fsp3) is 0.171. The molecule has 4 aromatic heterocycles. The van der Waals surface area contributed by atoms with Crippen LogP contribution in [0.1, 0.15) is 32.2 Å². The number of thiophene rings is 2. The predicted octanol–water partition coefficient (Wildman–Crippen LogP) is 11.8. The number of aromatic nitrogens is 2. The van der Waals surface area contributed by atoms with Gasteiger partial charge in [-0.05, 0) is 62.4 Å². The van der Waals surface area contributed by atoms with E-state index in [2.05, 4.69) is 102 Å². The third-order valence-electron chi connectivity index (χ3n) is 8.36. The molecule has 0 fully saturated rings. The van der Waals surface area contributed by atoms with Crippen LogP contribution >= 0.6 is 22.7 Å². The molecule has 0 amide bonds. The smallest absolute Gasteiger partial charge is 0 e. The molecule has 8 aromatic rings. The molecule has 6 heteroatoms. The van der Waals surface area contributed by atoms with Crippen molar-refractivity contribution < 1.29 is 21.5 Å². The van der Waals surface area contributed by atoms with Gasteiger partial charge in [-0.2, -0.15) is 22.7 Å². The van der Waals surface area contributed by atoms with Gasteiger partial charge >= 0.3 is 99.8 Å². The van der Waals surface area contributed by atoms with E-state index >= 15 is 0 Å². The molecule has 0 spiro atoms. The summed E-state index contributed by atoms with van der Waals surface area (Å²) in [5.41, 5.74) is 6.25. The first-order valence-corrected chi connectivity index (χ1v) is 24.5. The van der Waals surface area contributed by atoms with Crippen molar-refractivity contribution in [1.29, 1.82) is 0 Å². The van der Waals surface area contributed by atoms with Crippen molar-refractivity contribution in [1.82, 2.24) is 9.97 Å². The fourth-order valence-corrected chi connectivity index (χ4v) is 10.4. The van der Waals surface area contributed by atoms with E-state index in [4.69, 9.17) is 6.35 Å². The number of hydrogen-bond acceptors (Lipinski definition) is 4. The molecular weight excluding hydrogens is 849 g/mol. The number of rotatable bonds is 4. The quantitative estimate of drug-likeness (QED) is 0.130. The maximum Gasteiger partial charge on any atom is 0 e. The van der Waals surface area contributed by atoms with E-state index in [1.54, 1.807) is 11.3 Å². The minimum absolute atomic E-state index is 0. The van der Waals surface area contributed by atoms with Crippen LogP contribution in [0, 0.1) is 19.1 Å². The predicted molar refractivity (Wildman–Crippen MR) is 205 cm³/mol. The number of aryl methyl sites for hydroxylation is 1. The van der Waals surface area contributed by atoms with Gasteiger partial charge in [-0.25, -0.2) is 0 Å². The first kappa shape index (κ1) is 32.4. The largest absolute Gasteiger partial charge is 0 e. The van der Waals surface area contributed by atoms with Crippen molar-refractivity contribution in [2.45, 2.75) is 43.9 Å². The molecule has 0 atom stereocenters. The first-order valence-electron chi connectivity index (χ1n) is 16.1. The Bertz CT molecular complexity index is 2390. The van der Waals surface area contributed by atoms with Gasteiger partial charge < -0.3 is 4.98 Å². The molecule has 0 saturated carbocycles. The molecule has 0 unspecified atom stereocenters. The summed E-state index contributed by atoms with van der Waals surface area (Å²) in [7, 11) is 0. The van der Waals surface area contributed by atoms with Crippen LogP contribution in [0.5, 0.6) is 0 Å². The summed E-state index contributed by atoms with van der Waals surface area (Å²) in [5, 5.41) is 5.20. The molecule has 0 saturated heterocycles. The second-order valence-electron chi connectivity index (χ2n) is 13.0. The van der Waals surface area contributed by atoms with Crippen LogP contribution in [0.2, 0.25) is 17.3 Å². The fourth-order valence-electron chi connectivity index (χ4n) is 5.79. The van der Waals surface area contributed by atoms with E-state index in [1.807, 2.05) is 67.9 Å². The summed E-state index contributed by atoms with van der Waals surface area (Å²) in [6.45, 7) is 5.99. The molecule has 0 aliphatic heterocycles. The van der Waals surface area contributed by atoms with E-state index in [-0.39, 0.29) is 20.1 Å². The van der Waals surface area contributed by atoms with Gasteiger partial charge in [0.05, 0.1) is 0 Å². The van der Waals surface area contributed by atoms with Gasteiger partial charge in [0.15, 0.2) is 0 Å². The Morgan fingerprint density at radius 1 is 0.787 bits per heavy atom. The van der Waals surface area contributed by atoms with Gasteiger partial charge in [-0.15, -0.1) is 11.6 Å². The Labute approximate surface area is 303 Å². The molecule has 47 heavy (non-hydrogen) atoms. The monoisotopic (exact) mass is 888 g/mol. The van der Waals surface area contributed by atoms with Gasteiger partial charge in [0.2, 0.25) is 0 Å². The number of hydrogen-bond donors (Lipinski definition) is 0. The molecule has 1 radical (unpaired) electrons. The molecule has 4 heterocycles. The Kier molecular flexibility index (Phi) is 9.46. The zero-order valence-corrected chi connectivity index (χ0v) is 33.5. The molecule has 0 N–H and O–H groups in total. The first-order chi connectivity index (χ1) is 22.5. The van der Waals surface area contributed by atoms with E-state index in [0.29, 0.717) is 0 Å². The third-order valence-corrected chi connectivity index (χ3v) is 14.9. The van der Waals surface area contributed by atoms with Crippen LogP contribution in [-0.2, 0) is 20.1 Å². The second kappa shape index (κ2) is 13.7. The number of fused-ring (bicyclic) bond motifs is 7. The summed E-state index contributed by atoms with van der Waals surface area (Å²) >= 11 is 1.90. The summed E-state index contributed by atoms with van der Waals surface area (Å²) in [6.07, 6.45) is 3.86. The summed E-state index contributed by atoms with van der Waals surface area (Å²) < 4.78 is 14.9. The number of benzene rings is 4. The van der Waals surface area contributed by atoms with Gasteiger partial charge in [0.25, 0.3) is 0 Å². The summed E-state index contributed by atoms with van der Waals surface area (Å²) in [5.74, 6) is 6.47. The maximum atomic E-state index is 8.48. The van der Waals surface area contributed by atoms with Crippen LogP contribution in [0.4, 0.5) is 0 Å². The van der Waals surface area contributed by atoms with Crippen molar-refractivity contribution in [2.24, 2.45) is 0 Å². The van der Waals surface area contributed by atoms with Gasteiger partial charge in [-0.1, -0.05) is 66.6 Å². The van der Waals surface area contributed by atoms with Gasteiger partial charge in [0, 0.05) is 37.1 Å². The molecule has 2 nitrogen and oxygen atoms in total. The number of pyridine rings is 2. The minimum Gasteiger partial charge on any atom is 0 e. The van der Waals surface area contributed by atoms with E-state index in [1.165, 1.54) is 50.3 Å². The third kappa shape index (κ3) is 6.75. The van der Waals surface area contributed by atoms with Crippen molar-refractivity contribution in [3.8, 4) is 22.5 Å². The Morgan fingerprint density at radius 3 is 2.30 bits per heavy atom. The average molecular weight is 887 g/mol. The Hall–Kier alpha value is -3.19. The van der Waals surface area contributed by atoms with Crippen LogP contribution in [-0.4, -0.2) is 23.2 Å². The SMILES string of the molecule is [2H]C(C)(C)c1ccnc(-c2[c-]c3sc4ccccc4c3c3c2sc2cc(C)ccc23)c1.[CH3][Ge]([CH3])([CH3])[c]1ccc(-c2[c-]cccc2)nc1.[Ir]. The van der Waals surface area contributed by atoms with Crippen molar-refractivity contribution in [3.05, 3.63) is 127 Å². The zero-order chi connectivity index (χ0) is 32.9. The summed E-state index contributed by atoms with van der Waals surface area (Å²) in [6, 6.07) is 38.6. The molecule has 0 aliphatic carbocycles. The minimum atomic E-state index is -1.72. The van der Waals surface area contributed by atoms with E-state index < -0.39 is 19.2 Å². The van der Waals surface area contributed by atoms with E-state index in [9.17, 15) is 0 Å². The van der Waals surface area contributed by atoms with Crippen LogP contribution in [0.3, 0.4) is 0 Å². The van der Waals surface area contributed by atoms with Gasteiger partial charge in [-0.3, -0.25) is 0 Å². The molecule has 0 bridgehead atoms. The van der Waals surface area contributed by atoms with Crippen molar-refractivity contribution in [2.75, 3.05) is 0 Å². The molecule has 237 valence electrons. The Balaban J connectivity index is 0.000000201. The molecule has 8 rings (SSSR count). The van der Waals surface area contributed by atoms with Crippen molar-refractivity contribution >= 4 is 80.7 Å². The average Bonchev–Trinajstić information content (AvgIpc) is 3.62. The maximum absolute atomic E-state index is 8.48. The van der Waals surface area contributed by atoms with Gasteiger partial charge in [0.1, 0.15) is 0 Å². The molecule has 4 aromatic carbocycles. The van der Waals surface area contributed by atoms with Crippen LogP contribution in [0.15, 0.2) is 103 Å². The molecule has 0 aliphatic rings. The standard InChI is InChI=1S/C27H20NS2.C14H16GeN.Ir/c1-15(2)17-10-11-28-21(13-17)20-14-24-25(18-6-4-5-7-22(18)29-24)26-19-9-8-16(3)12-23(19)30-27(20)26;1-15(2,3)13-9-10-14(16-11-13)12-7-5-4-6-8-12;/h4-13,15H,1-3H3;4-7,9-11H,1-3H3;/q2*-1;/i15D;;. The van der Waals surface area contributed by atoms with Crippen LogP contribution < -0.4 is 4.40 Å². The van der Waals surface area contributed by atoms with E-state index in [0.717, 1.165) is 28.1 Å². The zero-order valence-electron chi connectivity index (χ0n) is 28.4. The molecular formula is C41H36GeIrN2S2-2.